The van der Waals surface area contributed by atoms with Gasteiger partial charge in [0.15, 0.2) is 0 Å². The minimum atomic E-state index is -0.0139. The van der Waals surface area contributed by atoms with Crippen LogP contribution < -0.4 is 0 Å². The molecule has 2 atom stereocenters. The maximum atomic E-state index is 5.38. The molecule has 7 heavy (non-hydrogen) atoms. The fraction of sp³-hybridized carbons (Fsp3) is 1.00. The number of hydrogen-bond acceptors (Lipinski definition) is 2. The van der Waals surface area contributed by atoms with Crippen molar-refractivity contribution in [3.05, 3.63) is 0 Å². The quantitative estimate of drug-likeness (QED) is 0.426. The number of hydrogen-bond donors (Lipinski definition) is 0. The molecule has 2 radical (unpaired) electrons. The molecule has 0 bridgehead atoms. The average molecular weight is 114 g/mol. The third-order valence-electron chi connectivity index (χ3n) is 0.862. The van der Waals surface area contributed by atoms with E-state index in [1.165, 1.54) is 0 Å². The van der Waals surface area contributed by atoms with Crippen molar-refractivity contribution in [1.82, 2.24) is 0 Å². The Labute approximate surface area is 49.2 Å². The van der Waals surface area contributed by atoms with Crippen LogP contribution in [0.4, 0.5) is 0 Å². The second-order valence-electron chi connectivity index (χ2n) is 1.58. The molecule has 0 aromatic rings. The highest BCUT2D eigenvalue weighted by molar-refractivity contribution is 8.00. The van der Waals surface area contributed by atoms with Crippen LogP contribution in [-0.2, 0) is 4.74 Å². The van der Waals surface area contributed by atoms with Crippen molar-refractivity contribution in [3.8, 4) is 0 Å². The van der Waals surface area contributed by atoms with Gasteiger partial charge in [0.05, 0.1) is 5.44 Å². The average Bonchev–Trinajstić information content (AvgIpc) is 1.87. The largest absolute Gasteiger partial charge is 0.374 e. The number of ether oxygens (including phenoxy) is 1. The molecule has 1 aliphatic rings. The molecule has 0 saturated carbocycles. The fourth-order valence-corrected chi connectivity index (χ4v) is 1.32. The van der Waals surface area contributed by atoms with E-state index in [0.717, 1.165) is 5.75 Å². The van der Waals surface area contributed by atoms with Gasteiger partial charge in [-0.25, -0.2) is 0 Å². The third kappa shape index (κ3) is 1.39. The monoisotopic (exact) mass is 114 g/mol. The Hall–Kier alpha value is 0.375. The molecule has 1 rings (SSSR count). The summed E-state index contributed by atoms with van der Waals surface area (Å²) < 4.78 is 5.10. The Morgan fingerprint density at radius 3 is 2.71 bits per heavy atom. The number of thioether (sulfide) groups is 1. The van der Waals surface area contributed by atoms with Crippen LogP contribution in [0.5, 0.6) is 0 Å². The van der Waals surface area contributed by atoms with Crippen LogP contribution in [-0.4, -0.2) is 25.0 Å². The summed E-state index contributed by atoms with van der Waals surface area (Å²) in [6, 6.07) is -0.0139. The van der Waals surface area contributed by atoms with Gasteiger partial charge in [-0.1, -0.05) is 0 Å². The van der Waals surface area contributed by atoms with Gasteiger partial charge in [0.1, 0.15) is 7.85 Å². The van der Waals surface area contributed by atoms with E-state index in [2.05, 4.69) is 0 Å². The lowest BCUT2D eigenvalue weighted by molar-refractivity contribution is 0.128. The zero-order valence-electron chi connectivity index (χ0n) is 4.26. The van der Waals surface area contributed by atoms with Crippen molar-refractivity contribution in [1.29, 1.82) is 0 Å². The second kappa shape index (κ2) is 2.10. The van der Waals surface area contributed by atoms with Gasteiger partial charge in [-0.05, 0) is 6.92 Å². The molecule has 0 aromatic carbocycles. The smallest absolute Gasteiger partial charge is 0.110 e. The summed E-state index contributed by atoms with van der Waals surface area (Å²) in [5.74, 6) is 0.946. The topological polar surface area (TPSA) is 9.23 Å². The molecule has 1 aliphatic heterocycles. The summed E-state index contributed by atoms with van der Waals surface area (Å²) >= 11 is 1.76. The van der Waals surface area contributed by atoms with Crippen LogP contribution in [0.25, 0.3) is 0 Å². The first-order chi connectivity index (χ1) is 3.29. The minimum Gasteiger partial charge on any atom is -0.374 e. The van der Waals surface area contributed by atoms with Gasteiger partial charge in [-0.15, -0.1) is 11.8 Å². The molecule has 3 heteroatoms. The summed E-state index contributed by atoms with van der Waals surface area (Å²) in [5, 5.41) is 0. The molecular formula is C4H7BOS. The highest BCUT2D eigenvalue weighted by Gasteiger charge is 2.16. The molecule has 0 amide bonds. The van der Waals surface area contributed by atoms with E-state index >= 15 is 0 Å². The molecule has 0 N–H and O–H groups in total. The lowest BCUT2D eigenvalue weighted by atomic mass is 10.0. The molecule has 38 valence electrons. The first-order valence-corrected chi connectivity index (χ1v) is 3.36. The van der Waals surface area contributed by atoms with E-state index in [1.54, 1.807) is 11.8 Å². The maximum Gasteiger partial charge on any atom is 0.110 e. The van der Waals surface area contributed by atoms with Crippen LogP contribution in [0.3, 0.4) is 0 Å². The fourth-order valence-electron chi connectivity index (χ4n) is 0.555. The van der Waals surface area contributed by atoms with Crippen molar-refractivity contribution in [2.45, 2.75) is 18.4 Å². The van der Waals surface area contributed by atoms with Crippen molar-refractivity contribution >= 4 is 19.6 Å². The standard InChI is InChI=1S/C4H7BOS/c1-3-6-4(5)2-7-3/h3-4H,2H2,1H3. The summed E-state index contributed by atoms with van der Waals surface area (Å²) in [6.07, 6.45) is 0. The molecule has 1 heterocycles. The maximum absolute atomic E-state index is 5.38. The van der Waals surface area contributed by atoms with E-state index in [1.807, 2.05) is 6.92 Å². The molecule has 0 aliphatic carbocycles. The van der Waals surface area contributed by atoms with Crippen LogP contribution in [0.2, 0.25) is 0 Å². The lowest BCUT2D eigenvalue weighted by Gasteiger charge is -2.00. The third-order valence-corrected chi connectivity index (χ3v) is 1.96. The van der Waals surface area contributed by atoms with E-state index < -0.39 is 0 Å². The molecule has 1 nitrogen and oxygen atoms in total. The van der Waals surface area contributed by atoms with Crippen molar-refractivity contribution < 1.29 is 4.74 Å². The van der Waals surface area contributed by atoms with Crippen LogP contribution in [0.1, 0.15) is 6.92 Å². The lowest BCUT2D eigenvalue weighted by Crippen LogP contribution is -2.08. The van der Waals surface area contributed by atoms with Gasteiger partial charge in [-0.2, -0.15) is 0 Å². The Bertz CT molecular complexity index is 60.7. The SMILES string of the molecule is [B]C1CSC(C)O1. The summed E-state index contributed by atoms with van der Waals surface area (Å²) in [6.45, 7) is 2.01. The van der Waals surface area contributed by atoms with E-state index in [4.69, 9.17) is 12.6 Å². The van der Waals surface area contributed by atoms with Crippen molar-refractivity contribution in [3.63, 3.8) is 0 Å². The Kier molecular flexibility index (Phi) is 1.65. The van der Waals surface area contributed by atoms with Gasteiger partial charge in [0, 0.05) is 11.8 Å². The first kappa shape index (κ1) is 5.51. The first-order valence-electron chi connectivity index (χ1n) is 2.31. The van der Waals surface area contributed by atoms with Gasteiger partial charge in [-0.3, -0.25) is 0 Å². The highest BCUT2D eigenvalue weighted by atomic mass is 32.2. The molecular weight excluding hydrogens is 107 g/mol. The van der Waals surface area contributed by atoms with E-state index in [-0.39, 0.29) is 6.00 Å². The molecule has 2 unspecified atom stereocenters. The van der Waals surface area contributed by atoms with Crippen LogP contribution in [0, 0.1) is 0 Å². The van der Waals surface area contributed by atoms with Crippen LogP contribution in [0.15, 0.2) is 0 Å². The second-order valence-corrected chi connectivity index (χ2v) is 2.91. The van der Waals surface area contributed by atoms with Gasteiger partial charge in [0.25, 0.3) is 0 Å². The van der Waals surface area contributed by atoms with Crippen LogP contribution >= 0.6 is 11.8 Å². The Morgan fingerprint density at radius 1 is 1.86 bits per heavy atom. The predicted molar refractivity (Wildman–Crippen MR) is 32.5 cm³/mol. The van der Waals surface area contributed by atoms with E-state index in [9.17, 15) is 0 Å². The van der Waals surface area contributed by atoms with Gasteiger partial charge < -0.3 is 4.74 Å². The van der Waals surface area contributed by atoms with E-state index in [0.29, 0.717) is 5.44 Å². The Morgan fingerprint density at radius 2 is 2.57 bits per heavy atom. The van der Waals surface area contributed by atoms with Gasteiger partial charge in [0.2, 0.25) is 0 Å². The normalized spacial score (nSPS) is 41.9. The Balaban J connectivity index is 2.26. The van der Waals surface area contributed by atoms with Crippen molar-refractivity contribution in [2.75, 3.05) is 5.75 Å². The zero-order chi connectivity index (χ0) is 5.28. The highest BCUT2D eigenvalue weighted by Crippen LogP contribution is 2.21. The molecule has 1 saturated heterocycles. The van der Waals surface area contributed by atoms with Gasteiger partial charge >= 0.3 is 0 Å². The number of rotatable bonds is 0. The van der Waals surface area contributed by atoms with Crippen molar-refractivity contribution in [2.24, 2.45) is 0 Å². The molecule has 1 fully saturated rings. The summed E-state index contributed by atoms with van der Waals surface area (Å²) in [4.78, 5) is 0. The summed E-state index contributed by atoms with van der Waals surface area (Å²) in [5.41, 5.74) is 0.315. The predicted octanol–water partition coefficient (Wildman–Crippen LogP) is 0.590. The minimum absolute atomic E-state index is 0.0139. The summed E-state index contributed by atoms with van der Waals surface area (Å²) in [7, 11) is 5.38. The molecule has 0 spiro atoms. The zero-order valence-corrected chi connectivity index (χ0v) is 5.07. The molecule has 0 aromatic heterocycles.